The van der Waals surface area contributed by atoms with Gasteiger partial charge in [-0.05, 0) is 24.4 Å². The second kappa shape index (κ2) is 5.44. The second-order valence-electron chi connectivity index (χ2n) is 3.94. The molecular weight excluding hydrogens is 300 g/mol. The first-order chi connectivity index (χ1) is 9.24. The first-order valence-corrected chi connectivity index (χ1v) is 7.83. The highest BCUT2D eigenvalue weighted by Crippen LogP contribution is 2.32. The molecule has 0 saturated carbocycles. The highest BCUT2D eigenvalue weighted by molar-refractivity contribution is 8.02. The normalized spacial score (nSPS) is 18.5. The Balaban J connectivity index is 1.86. The third-order valence-corrected chi connectivity index (χ3v) is 5.22. The van der Waals surface area contributed by atoms with Crippen LogP contribution in [0.2, 0.25) is 0 Å². The molecule has 1 aliphatic heterocycles. The van der Waals surface area contributed by atoms with E-state index in [1.807, 2.05) is 30.3 Å². The average Bonchev–Trinajstić information content (AvgIpc) is 2.98. The second-order valence-corrected chi connectivity index (χ2v) is 7.02. The van der Waals surface area contributed by atoms with Gasteiger partial charge in [-0.25, -0.2) is 4.68 Å². The van der Waals surface area contributed by atoms with Gasteiger partial charge in [-0.2, -0.15) is 0 Å². The molecule has 0 amide bonds. The van der Waals surface area contributed by atoms with Crippen LogP contribution in [0.3, 0.4) is 0 Å². The smallest absolute Gasteiger partial charge is 0.319 e. The summed E-state index contributed by atoms with van der Waals surface area (Å²) in [7, 11) is 0. The highest BCUT2D eigenvalue weighted by atomic mass is 32.2. The Morgan fingerprint density at radius 2 is 2.21 bits per heavy atom. The van der Waals surface area contributed by atoms with E-state index in [4.69, 9.17) is 17.0 Å². The fraction of sp³-hybridized carbons (Fsp3) is 0.250. The number of hydrogen-bond donors (Lipinski definition) is 0. The van der Waals surface area contributed by atoms with Gasteiger partial charge in [0.05, 0.1) is 12.3 Å². The summed E-state index contributed by atoms with van der Waals surface area (Å²) in [5.41, 5.74) is 0.935. The van der Waals surface area contributed by atoms with E-state index >= 15 is 0 Å². The van der Waals surface area contributed by atoms with Gasteiger partial charge in [0.2, 0.25) is 0 Å². The first kappa shape index (κ1) is 12.8. The molecule has 7 heteroatoms. The van der Waals surface area contributed by atoms with E-state index in [0.717, 1.165) is 16.4 Å². The topological polar surface area (TPSA) is 44.1 Å². The van der Waals surface area contributed by atoms with Crippen molar-refractivity contribution in [1.82, 2.24) is 9.78 Å². The largest absolute Gasteiger partial charge is 0.465 e. The van der Waals surface area contributed by atoms with Gasteiger partial charge in [-0.1, -0.05) is 41.3 Å². The van der Waals surface area contributed by atoms with Crippen molar-refractivity contribution in [1.29, 1.82) is 0 Å². The SMILES string of the molecule is O=C1OCC[C@H]1Sc1nn(-c2ccccc2)c(=S)s1. The van der Waals surface area contributed by atoms with Gasteiger partial charge in [-0.15, -0.1) is 5.10 Å². The number of nitrogens with zero attached hydrogens (tertiary/aromatic N) is 2. The van der Waals surface area contributed by atoms with E-state index in [-0.39, 0.29) is 11.2 Å². The van der Waals surface area contributed by atoms with Crippen molar-refractivity contribution >= 4 is 41.3 Å². The molecule has 2 heterocycles. The minimum Gasteiger partial charge on any atom is -0.465 e. The molecule has 1 fully saturated rings. The summed E-state index contributed by atoms with van der Waals surface area (Å²) in [4.78, 5) is 11.4. The lowest BCUT2D eigenvalue weighted by Crippen LogP contribution is -2.09. The van der Waals surface area contributed by atoms with Crippen molar-refractivity contribution in [2.24, 2.45) is 0 Å². The van der Waals surface area contributed by atoms with Crippen LogP contribution >= 0.6 is 35.3 Å². The number of esters is 1. The summed E-state index contributed by atoms with van der Waals surface area (Å²) in [6.07, 6.45) is 0.737. The van der Waals surface area contributed by atoms with Crippen molar-refractivity contribution in [2.75, 3.05) is 6.61 Å². The Hall–Kier alpha value is -1.18. The maximum Gasteiger partial charge on any atom is 0.319 e. The monoisotopic (exact) mass is 310 g/mol. The fourth-order valence-corrected chi connectivity index (χ4v) is 4.32. The molecular formula is C12H10N2O2S3. The Morgan fingerprint density at radius 3 is 2.89 bits per heavy atom. The van der Waals surface area contributed by atoms with E-state index in [0.29, 0.717) is 10.6 Å². The van der Waals surface area contributed by atoms with Crippen LogP contribution in [0.25, 0.3) is 5.69 Å². The third-order valence-electron chi connectivity index (χ3n) is 2.66. The lowest BCUT2D eigenvalue weighted by atomic mass is 10.3. The maximum absolute atomic E-state index is 11.4. The quantitative estimate of drug-likeness (QED) is 0.644. The summed E-state index contributed by atoms with van der Waals surface area (Å²) in [5.74, 6) is -0.155. The predicted molar refractivity (Wildman–Crippen MR) is 77.5 cm³/mol. The van der Waals surface area contributed by atoms with Crippen LogP contribution in [0.1, 0.15) is 6.42 Å². The van der Waals surface area contributed by atoms with Crippen LogP contribution in [-0.2, 0) is 9.53 Å². The molecule has 98 valence electrons. The van der Waals surface area contributed by atoms with Gasteiger partial charge >= 0.3 is 5.97 Å². The van der Waals surface area contributed by atoms with E-state index in [1.165, 1.54) is 23.1 Å². The van der Waals surface area contributed by atoms with Crippen LogP contribution in [0.4, 0.5) is 0 Å². The van der Waals surface area contributed by atoms with Crippen molar-refractivity contribution in [3.63, 3.8) is 0 Å². The maximum atomic E-state index is 11.4. The lowest BCUT2D eigenvalue weighted by Gasteiger charge is -2.01. The molecule has 3 rings (SSSR count). The van der Waals surface area contributed by atoms with Crippen LogP contribution in [0, 0.1) is 3.95 Å². The molecule has 1 atom stereocenters. The number of carbonyl (C=O) groups is 1. The molecule has 1 aromatic carbocycles. The molecule has 0 radical (unpaired) electrons. The molecule has 1 aliphatic rings. The van der Waals surface area contributed by atoms with Crippen LogP contribution in [0.15, 0.2) is 34.7 Å². The molecule has 0 spiro atoms. The standard InChI is InChI=1S/C12H10N2O2S3/c15-10-9(6-7-16-10)18-11-13-14(12(17)19-11)8-4-2-1-3-5-8/h1-5,9H,6-7H2/t9-/m1/s1. The first-order valence-electron chi connectivity index (χ1n) is 5.73. The van der Waals surface area contributed by atoms with E-state index in [9.17, 15) is 4.79 Å². The van der Waals surface area contributed by atoms with Crippen molar-refractivity contribution in [3.05, 3.63) is 34.3 Å². The average molecular weight is 310 g/mol. The zero-order valence-corrected chi connectivity index (χ0v) is 12.3. The van der Waals surface area contributed by atoms with Crippen molar-refractivity contribution in [3.8, 4) is 5.69 Å². The van der Waals surface area contributed by atoms with Gasteiger partial charge in [0.1, 0.15) is 5.25 Å². The van der Waals surface area contributed by atoms with Gasteiger partial charge in [-0.3, -0.25) is 4.79 Å². The van der Waals surface area contributed by atoms with Crippen molar-refractivity contribution < 1.29 is 9.53 Å². The molecule has 19 heavy (non-hydrogen) atoms. The third kappa shape index (κ3) is 2.72. The molecule has 0 N–H and O–H groups in total. The molecule has 0 bridgehead atoms. The minimum atomic E-state index is -0.155. The van der Waals surface area contributed by atoms with Crippen LogP contribution in [-0.4, -0.2) is 27.6 Å². The fourth-order valence-electron chi connectivity index (χ4n) is 1.75. The summed E-state index contributed by atoms with van der Waals surface area (Å²) in [6, 6.07) is 9.74. The van der Waals surface area contributed by atoms with E-state index in [1.54, 1.807) is 4.68 Å². The number of aromatic nitrogens is 2. The van der Waals surface area contributed by atoms with Gasteiger partial charge in [0.15, 0.2) is 8.29 Å². The number of benzene rings is 1. The Morgan fingerprint density at radius 1 is 1.42 bits per heavy atom. The summed E-state index contributed by atoms with van der Waals surface area (Å²) in [6.45, 7) is 0.501. The van der Waals surface area contributed by atoms with Crippen molar-refractivity contribution in [2.45, 2.75) is 16.0 Å². The zero-order valence-electron chi connectivity index (χ0n) is 9.81. The molecule has 1 saturated heterocycles. The summed E-state index contributed by atoms with van der Waals surface area (Å²) in [5, 5.41) is 4.32. The number of para-hydroxylation sites is 1. The number of cyclic esters (lactones) is 1. The number of carbonyl (C=O) groups excluding carboxylic acids is 1. The predicted octanol–water partition coefficient (Wildman–Crippen LogP) is 3.07. The molecule has 4 nitrogen and oxygen atoms in total. The molecule has 1 aromatic heterocycles. The van der Waals surface area contributed by atoms with Crippen LogP contribution in [0.5, 0.6) is 0 Å². The number of hydrogen-bond acceptors (Lipinski definition) is 6. The van der Waals surface area contributed by atoms with Crippen LogP contribution < -0.4 is 0 Å². The summed E-state index contributed by atoms with van der Waals surface area (Å²) < 4.78 is 8.15. The van der Waals surface area contributed by atoms with Gasteiger partial charge in [0.25, 0.3) is 0 Å². The number of rotatable bonds is 3. The van der Waals surface area contributed by atoms with Gasteiger partial charge < -0.3 is 4.74 Å². The Bertz CT molecular complexity index is 650. The minimum absolute atomic E-state index is 0.148. The molecule has 0 aliphatic carbocycles. The summed E-state index contributed by atoms with van der Waals surface area (Å²) >= 11 is 8.17. The highest BCUT2D eigenvalue weighted by Gasteiger charge is 2.28. The van der Waals surface area contributed by atoms with Gasteiger partial charge in [0, 0.05) is 6.42 Å². The molecule has 0 unspecified atom stereocenters. The Kier molecular flexibility index (Phi) is 3.67. The van der Waals surface area contributed by atoms with E-state index < -0.39 is 0 Å². The zero-order chi connectivity index (χ0) is 13.2. The number of ether oxygens (including phenoxy) is 1. The van der Waals surface area contributed by atoms with E-state index in [2.05, 4.69) is 5.10 Å². The lowest BCUT2D eigenvalue weighted by molar-refractivity contribution is -0.137. The number of thioether (sulfide) groups is 1. The molecule has 2 aromatic rings. The Labute approximate surface area is 123 Å².